The second-order valence-electron chi connectivity index (χ2n) is 6.28. The van der Waals surface area contributed by atoms with E-state index in [0.29, 0.717) is 29.8 Å². The number of anilines is 1. The van der Waals surface area contributed by atoms with E-state index in [1.54, 1.807) is 0 Å². The minimum absolute atomic E-state index is 0.0551. The first-order valence-corrected chi connectivity index (χ1v) is 9.67. The summed E-state index contributed by atoms with van der Waals surface area (Å²) in [7, 11) is 0. The zero-order valence-electron chi connectivity index (χ0n) is 14.8. The number of aromatic amines is 1. The molecule has 1 aliphatic rings. The number of rotatable bonds is 6. The topological polar surface area (TPSA) is 78.1 Å². The molecule has 1 amide bonds. The van der Waals surface area contributed by atoms with Crippen molar-refractivity contribution < 1.29 is 13.6 Å². The fourth-order valence-electron chi connectivity index (χ4n) is 2.94. The second kappa shape index (κ2) is 8.62. The molecule has 2 N–H and O–H groups in total. The van der Waals surface area contributed by atoms with Crippen LogP contribution in [0.3, 0.4) is 0 Å². The van der Waals surface area contributed by atoms with Crippen LogP contribution in [0.2, 0.25) is 0 Å². The van der Waals surface area contributed by atoms with Gasteiger partial charge in [-0.15, -0.1) is 0 Å². The van der Waals surface area contributed by atoms with Gasteiger partial charge in [0.25, 0.3) is 5.56 Å². The van der Waals surface area contributed by atoms with Gasteiger partial charge < -0.3 is 10.3 Å². The van der Waals surface area contributed by atoms with Gasteiger partial charge in [0.15, 0.2) is 5.16 Å². The van der Waals surface area contributed by atoms with Gasteiger partial charge in [-0.25, -0.2) is 13.8 Å². The Morgan fingerprint density at radius 2 is 2.22 bits per heavy atom. The third kappa shape index (κ3) is 4.92. The highest BCUT2D eigenvalue weighted by molar-refractivity contribution is 7.99. The SMILES string of the molecule is CCCN1CCc2nc(SCC(=O)Nc3ccc(F)cc3F)[nH]c(=O)c2C1. The van der Waals surface area contributed by atoms with E-state index in [1.165, 1.54) is 0 Å². The van der Waals surface area contributed by atoms with Crippen molar-refractivity contribution in [3.63, 3.8) is 0 Å². The van der Waals surface area contributed by atoms with Crippen molar-refractivity contribution in [2.45, 2.75) is 31.5 Å². The zero-order valence-corrected chi connectivity index (χ0v) is 15.7. The number of carbonyl (C=O) groups is 1. The summed E-state index contributed by atoms with van der Waals surface area (Å²) < 4.78 is 26.5. The van der Waals surface area contributed by atoms with Crippen LogP contribution in [0.4, 0.5) is 14.5 Å². The highest BCUT2D eigenvalue weighted by atomic mass is 32.2. The normalized spacial score (nSPS) is 14.0. The van der Waals surface area contributed by atoms with Gasteiger partial charge in [-0.3, -0.25) is 14.5 Å². The van der Waals surface area contributed by atoms with Gasteiger partial charge in [0.2, 0.25) is 5.91 Å². The van der Waals surface area contributed by atoms with E-state index in [-0.39, 0.29) is 17.0 Å². The number of H-pyrrole nitrogens is 1. The first kappa shape index (κ1) is 19.5. The van der Waals surface area contributed by atoms with Crippen molar-refractivity contribution >= 4 is 23.4 Å². The number of amides is 1. The van der Waals surface area contributed by atoms with E-state index in [0.717, 1.165) is 49.1 Å². The molecule has 6 nitrogen and oxygen atoms in total. The predicted octanol–water partition coefficient (Wildman–Crippen LogP) is 2.55. The van der Waals surface area contributed by atoms with Crippen LogP contribution in [0.15, 0.2) is 28.2 Å². The number of hydrogen-bond acceptors (Lipinski definition) is 5. The van der Waals surface area contributed by atoms with Crippen molar-refractivity contribution in [3.8, 4) is 0 Å². The summed E-state index contributed by atoms with van der Waals surface area (Å²) in [6.45, 7) is 4.47. The van der Waals surface area contributed by atoms with E-state index in [4.69, 9.17) is 0 Å². The summed E-state index contributed by atoms with van der Waals surface area (Å²) in [4.78, 5) is 33.7. The number of nitrogens with one attached hydrogen (secondary N) is 2. The Kier molecular flexibility index (Phi) is 6.22. The van der Waals surface area contributed by atoms with E-state index >= 15 is 0 Å². The van der Waals surface area contributed by atoms with Crippen molar-refractivity contribution in [1.82, 2.24) is 14.9 Å². The van der Waals surface area contributed by atoms with Gasteiger partial charge in [0, 0.05) is 25.6 Å². The second-order valence-corrected chi connectivity index (χ2v) is 7.25. The first-order chi connectivity index (χ1) is 13.0. The molecule has 0 bridgehead atoms. The summed E-state index contributed by atoms with van der Waals surface area (Å²) in [6.07, 6.45) is 1.72. The standard InChI is InChI=1S/C18H20F2N4O2S/c1-2-6-24-7-5-14-12(9-24)17(26)23-18(22-14)27-10-16(25)21-15-4-3-11(19)8-13(15)20/h3-4,8H,2,5-7,9-10H2,1H3,(H,21,25)(H,22,23,26). The van der Waals surface area contributed by atoms with Gasteiger partial charge in [-0.2, -0.15) is 0 Å². The Labute approximate surface area is 159 Å². The molecule has 0 atom stereocenters. The van der Waals surface area contributed by atoms with Gasteiger partial charge in [-0.1, -0.05) is 18.7 Å². The zero-order chi connectivity index (χ0) is 19.4. The Bertz CT molecular complexity index is 903. The lowest BCUT2D eigenvalue weighted by Crippen LogP contribution is -2.36. The molecule has 27 heavy (non-hydrogen) atoms. The molecule has 0 spiro atoms. The van der Waals surface area contributed by atoms with Crippen LogP contribution in [-0.2, 0) is 17.8 Å². The van der Waals surface area contributed by atoms with Crippen LogP contribution < -0.4 is 10.9 Å². The van der Waals surface area contributed by atoms with Crippen LogP contribution in [0.5, 0.6) is 0 Å². The van der Waals surface area contributed by atoms with Crippen LogP contribution in [-0.4, -0.2) is 39.6 Å². The predicted molar refractivity (Wildman–Crippen MR) is 99.8 cm³/mol. The minimum atomic E-state index is -0.842. The monoisotopic (exact) mass is 394 g/mol. The molecule has 0 saturated heterocycles. The molecular weight excluding hydrogens is 374 g/mol. The van der Waals surface area contributed by atoms with Crippen molar-refractivity contribution in [1.29, 1.82) is 0 Å². The van der Waals surface area contributed by atoms with Gasteiger partial charge in [0.1, 0.15) is 11.6 Å². The maximum atomic E-state index is 13.6. The Balaban J connectivity index is 1.62. The van der Waals surface area contributed by atoms with E-state index < -0.39 is 17.5 Å². The molecule has 0 saturated carbocycles. The molecule has 2 aromatic rings. The van der Waals surface area contributed by atoms with Gasteiger partial charge in [0.05, 0.1) is 22.7 Å². The summed E-state index contributed by atoms with van der Waals surface area (Å²) in [5.74, 6) is -2.08. The lowest BCUT2D eigenvalue weighted by atomic mass is 10.1. The molecule has 0 fully saturated rings. The molecule has 9 heteroatoms. The highest BCUT2D eigenvalue weighted by Gasteiger charge is 2.21. The average molecular weight is 394 g/mol. The van der Waals surface area contributed by atoms with E-state index in [2.05, 4.69) is 27.1 Å². The Morgan fingerprint density at radius 1 is 1.41 bits per heavy atom. The number of fused-ring (bicyclic) bond motifs is 1. The maximum Gasteiger partial charge on any atom is 0.256 e. The third-order valence-corrected chi connectivity index (χ3v) is 5.08. The number of halogens is 2. The van der Waals surface area contributed by atoms with Crippen LogP contribution in [0.25, 0.3) is 0 Å². The molecule has 0 aliphatic carbocycles. The summed E-state index contributed by atoms with van der Waals surface area (Å²) in [6, 6.07) is 2.93. The lowest BCUT2D eigenvalue weighted by Gasteiger charge is -2.27. The van der Waals surface area contributed by atoms with Gasteiger partial charge in [-0.05, 0) is 25.1 Å². The summed E-state index contributed by atoms with van der Waals surface area (Å²) >= 11 is 1.07. The number of hydrogen-bond donors (Lipinski definition) is 2. The molecule has 1 aromatic carbocycles. The Hall–Kier alpha value is -2.26. The first-order valence-electron chi connectivity index (χ1n) is 8.68. The quantitative estimate of drug-likeness (QED) is 0.582. The average Bonchev–Trinajstić information content (AvgIpc) is 2.63. The molecule has 1 aliphatic heterocycles. The van der Waals surface area contributed by atoms with Crippen molar-refractivity contribution in [3.05, 3.63) is 51.4 Å². The Morgan fingerprint density at radius 3 is 2.96 bits per heavy atom. The third-order valence-electron chi connectivity index (χ3n) is 4.21. The van der Waals surface area contributed by atoms with Gasteiger partial charge >= 0.3 is 0 Å². The van der Waals surface area contributed by atoms with E-state index in [9.17, 15) is 18.4 Å². The van der Waals surface area contributed by atoms with Crippen molar-refractivity contribution in [2.24, 2.45) is 0 Å². The molecular formula is C18H20F2N4O2S. The fourth-order valence-corrected chi connectivity index (χ4v) is 3.62. The highest BCUT2D eigenvalue weighted by Crippen LogP contribution is 2.19. The fraction of sp³-hybridized carbons (Fsp3) is 0.389. The minimum Gasteiger partial charge on any atom is -0.323 e. The summed E-state index contributed by atoms with van der Waals surface area (Å²) in [5.41, 5.74) is 1.16. The lowest BCUT2D eigenvalue weighted by molar-refractivity contribution is -0.113. The maximum absolute atomic E-state index is 13.6. The molecule has 0 unspecified atom stereocenters. The number of nitrogens with zero attached hydrogens (tertiary/aromatic N) is 2. The molecule has 1 aromatic heterocycles. The number of aromatic nitrogens is 2. The molecule has 144 valence electrons. The molecule has 0 radical (unpaired) electrons. The van der Waals surface area contributed by atoms with Crippen LogP contribution in [0.1, 0.15) is 24.6 Å². The largest absolute Gasteiger partial charge is 0.323 e. The number of thioether (sulfide) groups is 1. The molecule has 3 rings (SSSR count). The van der Waals surface area contributed by atoms with Crippen LogP contribution >= 0.6 is 11.8 Å². The smallest absolute Gasteiger partial charge is 0.256 e. The van der Waals surface area contributed by atoms with E-state index in [1.807, 2.05) is 0 Å². The molecule has 2 heterocycles. The number of carbonyl (C=O) groups excluding carboxylic acids is 1. The van der Waals surface area contributed by atoms with Crippen molar-refractivity contribution in [2.75, 3.05) is 24.2 Å². The summed E-state index contributed by atoms with van der Waals surface area (Å²) in [5, 5.41) is 2.74. The van der Waals surface area contributed by atoms with Crippen LogP contribution in [0, 0.1) is 11.6 Å². The number of benzene rings is 1.